The number of quaternary nitrogens is 1. The van der Waals surface area contributed by atoms with Gasteiger partial charge < -0.3 is 0 Å². The van der Waals surface area contributed by atoms with Crippen LogP contribution < -0.4 is 5.84 Å². The Balaban J connectivity index is 2.53. The van der Waals surface area contributed by atoms with Crippen molar-refractivity contribution in [3.8, 4) is 0 Å². The molecule has 2 nitrogen and oxygen atoms in total. The fourth-order valence-corrected chi connectivity index (χ4v) is 1.67. The molecule has 1 aliphatic heterocycles. The molecule has 0 bridgehead atoms. The van der Waals surface area contributed by atoms with Crippen LogP contribution in [0.2, 0.25) is 0 Å². The van der Waals surface area contributed by atoms with Gasteiger partial charge in [0.15, 0.2) is 0 Å². The van der Waals surface area contributed by atoms with E-state index < -0.39 is 0 Å². The Morgan fingerprint density at radius 2 is 2.00 bits per heavy atom. The molecular weight excluding hydrogens is 160 g/mol. The Morgan fingerprint density at radius 3 is 2.77 bits per heavy atom. The summed E-state index contributed by atoms with van der Waals surface area (Å²) >= 11 is 0. The monoisotopic (exact) mass is 175 g/mol. The van der Waals surface area contributed by atoms with Gasteiger partial charge in [0.1, 0.15) is 12.2 Å². The Morgan fingerprint density at radius 1 is 1.31 bits per heavy atom. The van der Waals surface area contributed by atoms with E-state index in [1.165, 1.54) is 16.8 Å². The van der Waals surface area contributed by atoms with Crippen LogP contribution >= 0.6 is 0 Å². The van der Waals surface area contributed by atoms with Crippen molar-refractivity contribution in [3.05, 3.63) is 41.1 Å². The number of nitrogens with zero attached hydrogens (tertiary/aromatic N) is 1. The summed E-state index contributed by atoms with van der Waals surface area (Å²) in [6, 6.07) is 8.40. The number of hydrogen-bond acceptors (Lipinski definition) is 1. The summed E-state index contributed by atoms with van der Waals surface area (Å²) in [5, 5.41) is 0. The fraction of sp³-hybridized carbons (Fsp3) is 0.273. The lowest BCUT2D eigenvalue weighted by Gasteiger charge is -2.32. The van der Waals surface area contributed by atoms with Crippen molar-refractivity contribution in [2.75, 3.05) is 7.05 Å². The minimum atomic E-state index is 0.483. The van der Waals surface area contributed by atoms with Crippen molar-refractivity contribution in [1.82, 2.24) is 0 Å². The third-order valence-corrected chi connectivity index (χ3v) is 2.72. The normalized spacial score (nSPS) is 26.5. The minimum absolute atomic E-state index is 0.483. The molecular formula is C11H15N2+. The van der Waals surface area contributed by atoms with E-state index in [1.54, 1.807) is 0 Å². The van der Waals surface area contributed by atoms with Crippen LogP contribution in [0.3, 0.4) is 0 Å². The van der Waals surface area contributed by atoms with Gasteiger partial charge in [-0.25, -0.2) is 4.59 Å². The molecule has 1 unspecified atom stereocenters. The smallest absolute Gasteiger partial charge is 0.127 e. The summed E-state index contributed by atoms with van der Waals surface area (Å²) in [6.45, 7) is 2.97. The first-order valence-corrected chi connectivity index (χ1v) is 4.50. The van der Waals surface area contributed by atoms with Gasteiger partial charge in [-0.05, 0) is 5.56 Å². The van der Waals surface area contributed by atoms with E-state index in [1.807, 2.05) is 7.05 Å². The minimum Gasteiger partial charge on any atom is -0.219 e. The molecule has 1 atom stereocenters. The van der Waals surface area contributed by atoms with Crippen LogP contribution in [-0.4, -0.2) is 11.6 Å². The zero-order chi connectivity index (χ0) is 9.47. The molecule has 2 heteroatoms. The molecule has 0 amide bonds. The summed E-state index contributed by atoms with van der Waals surface area (Å²) in [6.07, 6.45) is 2.17. The van der Waals surface area contributed by atoms with Gasteiger partial charge in [0, 0.05) is 18.6 Å². The number of rotatable bonds is 0. The molecule has 0 saturated heterocycles. The first kappa shape index (κ1) is 8.48. The maximum absolute atomic E-state index is 6.11. The number of fused-ring (bicyclic) bond motifs is 1. The van der Waals surface area contributed by atoms with E-state index in [0.29, 0.717) is 4.59 Å². The van der Waals surface area contributed by atoms with Crippen LogP contribution in [-0.2, 0) is 6.54 Å². The van der Waals surface area contributed by atoms with Gasteiger partial charge in [-0.1, -0.05) is 24.3 Å². The molecule has 1 aromatic rings. The maximum Gasteiger partial charge on any atom is 0.127 e. The van der Waals surface area contributed by atoms with Crippen LogP contribution in [0.5, 0.6) is 0 Å². The van der Waals surface area contributed by atoms with Crippen molar-refractivity contribution >= 4 is 6.08 Å². The molecule has 0 aliphatic carbocycles. The third kappa shape index (κ3) is 1.39. The van der Waals surface area contributed by atoms with Gasteiger partial charge in [0.2, 0.25) is 0 Å². The van der Waals surface area contributed by atoms with E-state index in [-0.39, 0.29) is 0 Å². The van der Waals surface area contributed by atoms with Crippen LogP contribution in [0.1, 0.15) is 18.1 Å². The molecule has 1 heterocycles. The van der Waals surface area contributed by atoms with Crippen molar-refractivity contribution < 1.29 is 4.59 Å². The summed E-state index contributed by atoms with van der Waals surface area (Å²) in [5.41, 5.74) is 3.85. The topological polar surface area (TPSA) is 26.0 Å². The lowest BCUT2D eigenvalue weighted by atomic mass is 10.0. The fourth-order valence-electron chi connectivity index (χ4n) is 1.67. The summed E-state index contributed by atoms with van der Waals surface area (Å²) in [5.74, 6) is 6.11. The summed E-state index contributed by atoms with van der Waals surface area (Å²) < 4.78 is 0.483. The standard InChI is InChI=1S/C11H15N2/c1-9-7-10-5-3-4-6-11(10)8-13(9,2)12/h3-7H,8,12H2,1-2H3/q+1. The lowest BCUT2D eigenvalue weighted by Crippen LogP contribution is -2.49. The molecule has 1 aliphatic rings. The Labute approximate surface area is 78.8 Å². The van der Waals surface area contributed by atoms with Crippen LogP contribution in [0.4, 0.5) is 0 Å². The Hall–Kier alpha value is -1.12. The van der Waals surface area contributed by atoms with Gasteiger partial charge >= 0.3 is 0 Å². The van der Waals surface area contributed by atoms with Crippen LogP contribution in [0.15, 0.2) is 30.0 Å². The zero-order valence-corrected chi connectivity index (χ0v) is 8.12. The summed E-state index contributed by atoms with van der Waals surface area (Å²) in [4.78, 5) is 0. The van der Waals surface area contributed by atoms with Crippen LogP contribution in [0.25, 0.3) is 6.08 Å². The average Bonchev–Trinajstić information content (AvgIpc) is 2.06. The largest absolute Gasteiger partial charge is 0.219 e. The Kier molecular flexibility index (Phi) is 1.75. The van der Waals surface area contributed by atoms with E-state index in [4.69, 9.17) is 5.84 Å². The Bertz CT molecular complexity index is 364. The van der Waals surface area contributed by atoms with Crippen molar-refractivity contribution in [2.45, 2.75) is 13.5 Å². The van der Waals surface area contributed by atoms with Crippen LogP contribution in [0, 0.1) is 0 Å². The van der Waals surface area contributed by atoms with Gasteiger partial charge in [0.25, 0.3) is 0 Å². The highest BCUT2D eigenvalue weighted by Crippen LogP contribution is 2.25. The number of allylic oxidation sites excluding steroid dienone is 1. The van der Waals surface area contributed by atoms with E-state index in [9.17, 15) is 0 Å². The molecule has 1 aromatic carbocycles. The highest BCUT2D eigenvalue weighted by molar-refractivity contribution is 5.56. The quantitative estimate of drug-likeness (QED) is 0.473. The SMILES string of the molecule is CC1=Cc2ccccc2C[N+]1(C)N. The predicted octanol–water partition coefficient (Wildman–Crippen LogP) is 1.88. The van der Waals surface area contributed by atoms with E-state index in [0.717, 1.165) is 6.54 Å². The average molecular weight is 175 g/mol. The van der Waals surface area contributed by atoms with Gasteiger partial charge in [-0.15, -0.1) is 0 Å². The first-order valence-electron chi connectivity index (χ1n) is 4.50. The third-order valence-electron chi connectivity index (χ3n) is 2.72. The predicted molar refractivity (Wildman–Crippen MR) is 54.2 cm³/mol. The summed E-state index contributed by atoms with van der Waals surface area (Å²) in [7, 11) is 2.03. The first-order chi connectivity index (χ1) is 6.09. The van der Waals surface area contributed by atoms with Gasteiger partial charge in [-0.2, -0.15) is 5.84 Å². The second-order valence-electron chi connectivity index (χ2n) is 3.91. The second-order valence-corrected chi connectivity index (χ2v) is 3.91. The highest BCUT2D eigenvalue weighted by atomic mass is 15.6. The molecule has 13 heavy (non-hydrogen) atoms. The molecule has 0 fully saturated rings. The molecule has 0 radical (unpaired) electrons. The highest BCUT2D eigenvalue weighted by Gasteiger charge is 2.25. The van der Waals surface area contributed by atoms with E-state index in [2.05, 4.69) is 37.3 Å². The molecule has 2 rings (SSSR count). The van der Waals surface area contributed by atoms with Crippen molar-refractivity contribution in [2.24, 2.45) is 5.84 Å². The van der Waals surface area contributed by atoms with Crippen molar-refractivity contribution in [1.29, 1.82) is 0 Å². The molecule has 0 saturated carbocycles. The van der Waals surface area contributed by atoms with Gasteiger partial charge in [-0.3, -0.25) is 0 Å². The molecule has 0 aromatic heterocycles. The zero-order valence-electron chi connectivity index (χ0n) is 8.12. The molecule has 68 valence electrons. The second kappa shape index (κ2) is 2.69. The van der Waals surface area contributed by atoms with Crippen molar-refractivity contribution in [3.63, 3.8) is 0 Å². The number of benzene rings is 1. The maximum atomic E-state index is 6.11. The van der Waals surface area contributed by atoms with E-state index >= 15 is 0 Å². The van der Waals surface area contributed by atoms with Gasteiger partial charge in [0.05, 0.1) is 7.05 Å². The lowest BCUT2D eigenvalue weighted by molar-refractivity contribution is -0.898. The molecule has 0 spiro atoms. The number of hydrogen-bond donors (Lipinski definition) is 1. The number of nitrogens with two attached hydrogens (primary N) is 1. The molecule has 2 N–H and O–H groups in total.